The van der Waals surface area contributed by atoms with Crippen LogP contribution in [0.3, 0.4) is 0 Å². The molecule has 0 saturated heterocycles. The lowest BCUT2D eigenvalue weighted by atomic mass is 10.2. The van der Waals surface area contributed by atoms with Crippen molar-refractivity contribution in [2.45, 2.75) is 30.9 Å². The number of aromatic nitrogens is 5. The maximum absolute atomic E-state index is 12.1. The first kappa shape index (κ1) is 18.7. The second-order valence-corrected chi connectivity index (χ2v) is 8.22. The Kier molecular flexibility index (Phi) is 5.19. The van der Waals surface area contributed by atoms with Gasteiger partial charge >= 0.3 is 0 Å². The van der Waals surface area contributed by atoms with Crippen LogP contribution >= 0.6 is 23.1 Å². The van der Waals surface area contributed by atoms with Crippen LogP contribution in [0.2, 0.25) is 0 Å². The summed E-state index contributed by atoms with van der Waals surface area (Å²) in [4.78, 5) is 17.3. The minimum atomic E-state index is -0.236. The highest BCUT2D eigenvalue weighted by molar-refractivity contribution is 7.98. The van der Waals surface area contributed by atoms with Gasteiger partial charge in [0.25, 0.3) is 5.56 Å². The number of thiazole rings is 1. The Hall–Kier alpha value is -2.65. The lowest BCUT2D eigenvalue weighted by Crippen LogP contribution is -2.12. The number of fused-ring (bicyclic) bond motifs is 1. The Balaban J connectivity index is 1.46. The number of hydrogen-bond acceptors (Lipinski definition) is 7. The van der Waals surface area contributed by atoms with Crippen LogP contribution in [0.1, 0.15) is 30.1 Å². The van der Waals surface area contributed by atoms with Crippen molar-refractivity contribution >= 4 is 28.1 Å². The highest BCUT2D eigenvalue weighted by Crippen LogP contribution is 2.25. The van der Waals surface area contributed by atoms with E-state index < -0.39 is 0 Å². The number of thioether (sulfide) groups is 1. The van der Waals surface area contributed by atoms with Crippen LogP contribution in [0.25, 0.3) is 4.96 Å². The maximum Gasteiger partial charge on any atom is 0.258 e. The zero-order valence-electron chi connectivity index (χ0n) is 15.7. The van der Waals surface area contributed by atoms with Crippen LogP contribution in [-0.4, -0.2) is 24.1 Å². The van der Waals surface area contributed by atoms with E-state index in [1.54, 1.807) is 16.7 Å². The molecule has 144 valence electrons. The summed E-state index contributed by atoms with van der Waals surface area (Å²) in [6.45, 7) is 3.99. The summed E-state index contributed by atoms with van der Waals surface area (Å²) in [6, 6.07) is 9.48. The Morgan fingerprint density at radius 3 is 2.82 bits per heavy atom. The second-order valence-electron chi connectivity index (χ2n) is 6.40. The van der Waals surface area contributed by atoms with E-state index in [1.165, 1.54) is 28.7 Å². The van der Waals surface area contributed by atoms with Crippen LogP contribution < -0.4 is 10.3 Å². The minimum Gasteiger partial charge on any atom is -0.483 e. The summed E-state index contributed by atoms with van der Waals surface area (Å²) in [5, 5.41) is 11.2. The van der Waals surface area contributed by atoms with Crippen molar-refractivity contribution in [1.29, 1.82) is 0 Å². The van der Waals surface area contributed by atoms with Gasteiger partial charge in [0.2, 0.25) is 0 Å². The van der Waals surface area contributed by atoms with E-state index in [0.29, 0.717) is 10.7 Å². The molecule has 0 aliphatic rings. The zero-order chi connectivity index (χ0) is 19.7. The topological polar surface area (TPSA) is 74.3 Å². The van der Waals surface area contributed by atoms with Crippen molar-refractivity contribution in [1.82, 2.24) is 24.1 Å². The third-order valence-corrected chi connectivity index (χ3v) is 6.08. The Morgan fingerprint density at radius 2 is 2.04 bits per heavy atom. The Bertz CT molecular complexity index is 1160. The summed E-state index contributed by atoms with van der Waals surface area (Å²) < 4.78 is 9.44. The fourth-order valence-electron chi connectivity index (χ4n) is 2.78. The quantitative estimate of drug-likeness (QED) is 0.450. The van der Waals surface area contributed by atoms with Crippen molar-refractivity contribution in [2.75, 3.05) is 0 Å². The number of aryl methyl sites for hydroxylation is 1. The molecule has 7 nitrogen and oxygen atoms in total. The van der Waals surface area contributed by atoms with Crippen LogP contribution in [0.5, 0.6) is 5.75 Å². The molecule has 0 amide bonds. The van der Waals surface area contributed by atoms with E-state index in [1.807, 2.05) is 55.1 Å². The number of hydrogen-bond donors (Lipinski definition) is 0. The van der Waals surface area contributed by atoms with E-state index in [4.69, 9.17) is 4.74 Å². The van der Waals surface area contributed by atoms with Crippen LogP contribution in [0.4, 0.5) is 0 Å². The van der Waals surface area contributed by atoms with Gasteiger partial charge in [0.15, 0.2) is 22.0 Å². The molecule has 0 N–H and O–H groups in total. The summed E-state index contributed by atoms with van der Waals surface area (Å²) in [5.41, 5.74) is 1.85. The summed E-state index contributed by atoms with van der Waals surface area (Å²) in [7, 11) is 1.91. The van der Waals surface area contributed by atoms with Gasteiger partial charge in [-0.05, 0) is 26.0 Å². The van der Waals surface area contributed by atoms with Gasteiger partial charge < -0.3 is 9.30 Å². The lowest BCUT2D eigenvalue weighted by Gasteiger charge is -2.14. The molecule has 3 heterocycles. The first-order valence-electron chi connectivity index (χ1n) is 8.72. The molecule has 0 saturated carbocycles. The van der Waals surface area contributed by atoms with Crippen LogP contribution in [0, 0.1) is 6.92 Å². The first-order chi connectivity index (χ1) is 13.5. The van der Waals surface area contributed by atoms with E-state index in [-0.39, 0.29) is 11.7 Å². The molecule has 0 aliphatic heterocycles. The second kappa shape index (κ2) is 7.76. The monoisotopic (exact) mass is 413 g/mol. The van der Waals surface area contributed by atoms with Crippen molar-refractivity contribution < 1.29 is 4.74 Å². The SMILES string of the molecule is Cc1ccc(OC(C)c2nnc(SCc3cc(=O)n4ccsc4n3)n2C)cc1. The van der Waals surface area contributed by atoms with Gasteiger partial charge in [0.05, 0.1) is 5.69 Å². The van der Waals surface area contributed by atoms with E-state index >= 15 is 0 Å². The van der Waals surface area contributed by atoms with Gasteiger partial charge in [-0.15, -0.1) is 21.5 Å². The molecule has 3 aromatic heterocycles. The lowest BCUT2D eigenvalue weighted by molar-refractivity contribution is 0.211. The van der Waals surface area contributed by atoms with Crippen molar-refractivity contribution in [3.8, 4) is 5.75 Å². The van der Waals surface area contributed by atoms with E-state index in [2.05, 4.69) is 15.2 Å². The summed E-state index contributed by atoms with van der Waals surface area (Å²) in [5.74, 6) is 2.08. The molecule has 0 fully saturated rings. The largest absolute Gasteiger partial charge is 0.483 e. The van der Waals surface area contributed by atoms with Gasteiger partial charge in [-0.25, -0.2) is 4.98 Å². The summed E-state index contributed by atoms with van der Waals surface area (Å²) in [6.07, 6.45) is 1.50. The highest BCUT2D eigenvalue weighted by Gasteiger charge is 2.17. The third-order valence-electron chi connectivity index (χ3n) is 4.27. The third kappa shape index (κ3) is 3.81. The number of benzene rings is 1. The van der Waals surface area contributed by atoms with Crippen molar-refractivity contribution in [3.63, 3.8) is 0 Å². The van der Waals surface area contributed by atoms with Crippen molar-refractivity contribution in [3.05, 3.63) is 69.3 Å². The fraction of sp³-hybridized carbons (Fsp3) is 0.263. The smallest absolute Gasteiger partial charge is 0.258 e. The van der Waals surface area contributed by atoms with Gasteiger partial charge in [-0.1, -0.05) is 29.5 Å². The highest BCUT2D eigenvalue weighted by atomic mass is 32.2. The molecule has 28 heavy (non-hydrogen) atoms. The molecule has 1 aromatic carbocycles. The molecular weight excluding hydrogens is 394 g/mol. The Labute approximate surface area is 170 Å². The van der Waals surface area contributed by atoms with Crippen LogP contribution in [0.15, 0.2) is 51.9 Å². The average Bonchev–Trinajstić information content (AvgIpc) is 3.29. The first-order valence-corrected chi connectivity index (χ1v) is 10.6. The maximum atomic E-state index is 12.1. The average molecular weight is 414 g/mol. The molecule has 0 radical (unpaired) electrons. The normalized spacial score (nSPS) is 12.4. The molecule has 0 spiro atoms. The number of ether oxygens (including phenoxy) is 1. The summed E-state index contributed by atoms with van der Waals surface area (Å²) >= 11 is 2.94. The van der Waals surface area contributed by atoms with Crippen LogP contribution in [-0.2, 0) is 12.8 Å². The van der Waals surface area contributed by atoms with E-state index in [0.717, 1.165) is 22.4 Å². The molecule has 1 atom stereocenters. The zero-order valence-corrected chi connectivity index (χ0v) is 17.3. The van der Waals surface area contributed by atoms with E-state index in [9.17, 15) is 4.79 Å². The number of nitrogens with zero attached hydrogens (tertiary/aromatic N) is 5. The predicted molar refractivity (Wildman–Crippen MR) is 110 cm³/mol. The standard InChI is InChI=1S/C19H19N5O2S2/c1-12-4-6-15(7-5-12)26-13(2)17-21-22-19(23(17)3)28-11-14-10-16(25)24-8-9-27-18(24)20-14/h4-10,13H,11H2,1-3H3. The molecule has 1 unspecified atom stereocenters. The fourth-order valence-corrected chi connectivity index (χ4v) is 4.33. The molecule has 0 bridgehead atoms. The molecule has 4 rings (SSSR count). The molecular formula is C19H19N5O2S2. The van der Waals surface area contributed by atoms with Crippen molar-refractivity contribution in [2.24, 2.45) is 7.05 Å². The minimum absolute atomic E-state index is 0.0689. The molecule has 9 heteroatoms. The Morgan fingerprint density at radius 1 is 1.25 bits per heavy atom. The molecule has 0 aliphatic carbocycles. The van der Waals surface area contributed by atoms with Gasteiger partial charge in [-0.2, -0.15) is 0 Å². The van der Waals surface area contributed by atoms with Gasteiger partial charge in [0, 0.05) is 30.4 Å². The molecule has 4 aromatic rings. The predicted octanol–water partition coefficient (Wildman–Crippen LogP) is 3.63. The van der Waals surface area contributed by atoms with Gasteiger partial charge in [0.1, 0.15) is 5.75 Å². The number of rotatable bonds is 6. The van der Waals surface area contributed by atoms with Gasteiger partial charge in [-0.3, -0.25) is 9.20 Å².